The Hall–Kier alpha value is -1.42. The monoisotopic (exact) mass is 304 g/mol. The van der Waals surface area contributed by atoms with E-state index < -0.39 is 11.9 Å². The standard InChI is InChI=1S/C6H6O.2C3H6O2.Zn/c7-6-4-2-1-3-5-6;2*1-2-3(4)5;/h1-5,7H;2*2H2,1H3,(H,4,5);/q;;;+2/p-2. The number of hydrogen-bond donors (Lipinski definition) is 1. The summed E-state index contributed by atoms with van der Waals surface area (Å²) in [6.07, 6.45) is 0.222. The second-order valence-electron chi connectivity index (χ2n) is 2.79. The molecule has 0 fully saturated rings. The van der Waals surface area contributed by atoms with Crippen molar-refractivity contribution in [2.45, 2.75) is 26.7 Å². The van der Waals surface area contributed by atoms with E-state index in [-0.39, 0.29) is 32.3 Å². The van der Waals surface area contributed by atoms with E-state index in [4.69, 9.17) is 5.11 Å². The molecule has 0 saturated carbocycles. The SMILES string of the molecule is CCC(=O)[O-].CCC(=O)[O-].Oc1ccccc1.[Zn+2]. The smallest absolute Gasteiger partial charge is 0.550 e. The molecule has 1 N–H and O–H groups in total. The van der Waals surface area contributed by atoms with Crippen molar-refractivity contribution in [3.8, 4) is 5.75 Å². The molecular weight excluding hydrogens is 290 g/mol. The van der Waals surface area contributed by atoms with Gasteiger partial charge in [-0.25, -0.2) is 0 Å². The quantitative estimate of drug-likeness (QED) is 0.755. The summed E-state index contributed by atoms with van der Waals surface area (Å²) in [5.74, 6) is -1.67. The maximum atomic E-state index is 9.26. The van der Waals surface area contributed by atoms with E-state index in [0.29, 0.717) is 5.75 Å². The molecule has 1 aromatic rings. The number of carboxylic acid groups (broad SMARTS) is 2. The molecule has 18 heavy (non-hydrogen) atoms. The van der Waals surface area contributed by atoms with Gasteiger partial charge in [-0.1, -0.05) is 32.0 Å². The maximum Gasteiger partial charge on any atom is 2.00 e. The molecule has 0 atom stereocenters. The summed E-state index contributed by atoms with van der Waals surface area (Å²) in [6, 6.07) is 8.71. The van der Waals surface area contributed by atoms with Gasteiger partial charge in [0.05, 0.1) is 0 Å². The number of aromatic hydroxyl groups is 1. The summed E-state index contributed by atoms with van der Waals surface area (Å²) < 4.78 is 0. The van der Waals surface area contributed by atoms with Gasteiger partial charge in [-0.2, -0.15) is 0 Å². The van der Waals surface area contributed by atoms with Gasteiger partial charge in [0.15, 0.2) is 0 Å². The number of aliphatic carboxylic acids is 2. The molecule has 5 nitrogen and oxygen atoms in total. The Bertz CT molecular complexity index is 300. The van der Waals surface area contributed by atoms with E-state index in [0.717, 1.165) is 0 Å². The van der Waals surface area contributed by atoms with Crippen molar-refractivity contribution in [2.75, 3.05) is 0 Å². The van der Waals surface area contributed by atoms with Crippen molar-refractivity contribution in [2.24, 2.45) is 0 Å². The molecule has 1 aromatic carbocycles. The van der Waals surface area contributed by atoms with Gasteiger partial charge in [0.25, 0.3) is 0 Å². The van der Waals surface area contributed by atoms with Crippen LogP contribution in [0.1, 0.15) is 26.7 Å². The van der Waals surface area contributed by atoms with Crippen molar-refractivity contribution < 1.29 is 44.4 Å². The zero-order chi connectivity index (χ0) is 13.7. The number of carbonyl (C=O) groups excluding carboxylic acids is 2. The molecule has 0 bridgehead atoms. The average molecular weight is 306 g/mol. The normalized spacial score (nSPS) is 7.44. The van der Waals surface area contributed by atoms with E-state index in [1.165, 1.54) is 13.8 Å². The first-order chi connectivity index (χ1) is 7.93. The zero-order valence-electron chi connectivity index (χ0n) is 10.6. The van der Waals surface area contributed by atoms with Gasteiger partial charge < -0.3 is 24.9 Å². The van der Waals surface area contributed by atoms with Crippen molar-refractivity contribution in [3.63, 3.8) is 0 Å². The molecule has 0 amide bonds. The topological polar surface area (TPSA) is 100 Å². The Morgan fingerprint density at radius 3 is 1.39 bits per heavy atom. The second kappa shape index (κ2) is 15.6. The first kappa shape index (κ1) is 21.8. The van der Waals surface area contributed by atoms with Crippen LogP contribution in [0.25, 0.3) is 0 Å². The van der Waals surface area contributed by atoms with Crippen LogP contribution in [0.5, 0.6) is 5.75 Å². The summed E-state index contributed by atoms with van der Waals surface area (Å²) in [4.78, 5) is 18.5. The van der Waals surface area contributed by atoms with Crippen LogP contribution in [0, 0.1) is 0 Å². The number of carboxylic acids is 2. The van der Waals surface area contributed by atoms with E-state index in [1.807, 2.05) is 6.07 Å². The summed E-state index contributed by atoms with van der Waals surface area (Å²) >= 11 is 0. The third kappa shape index (κ3) is 24.0. The number of phenolic OH excluding ortho intramolecular Hbond substituents is 1. The Morgan fingerprint density at radius 2 is 1.28 bits per heavy atom. The maximum absolute atomic E-state index is 9.26. The van der Waals surface area contributed by atoms with Gasteiger partial charge in [0, 0.05) is 11.9 Å². The summed E-state index contributed by atoms with van der Waals surface area (Å²) in [6.45, 7) is 3.07. The minimum absolute atomic E-state index is 0. The second-order valence-corrected chi connectivity index (χ2v) is 2.79. The van der Waals surface area contributed by atoms with Crippen LogP contribution in [0.3, 0.4) is 0 Å². The fraction of sp³-hybridized carbons (Fsp3) is 0.333. The van der Waals surface area contributed by atoms with E-state index in [2.05, 4.69) is 0 Å². The fourth-order valence-electron chi connectivity index (χ4n) is 0.428. The molecule has 0 aromatic heterocycles. The van der Waals surface area contributed by atoms with Gasteiger partial charge in [0.2, 0.25) is 0 Å². The van der Waals surface area contributed by atoms with Crippen molar-refractivity contribution in [1.82, 2.24) is 0 Å². The van der Waals surface area contributed by atoms with Gasteiger partial charge in [-0.15, -0.1) is 0 Å². The Morgan fingerprint density at radius 1 is 1.00 bits per heavy atom. The molecule has 0 radical (unpaired) electrons. The third-order valence-corrected chi connectivity index (χ3v) is 1.33. The number of carbonyl (C=O) groups is 2. The van der Waals surface area contributed by atoms with Crippen LogP contribution >= 0.6 is 0 Å². The van der Waals surface area contributed by atoms with E-state index in [9.17, 15) is 19.8 Å². The van der Waals surface area contributed by atoms with Crippen molar-refractivity contribution in [3.05, 3.63) is 30.3 Å². The van der Waals surface area contributed by atoms with Gasteiger partial charge in [0.1, 0.15) is 5.75 Å². The van der Waals surface area contributed by atoms with Gasteiger partial charge >= 0.3 is 19.5 Å². The largest absolute Gasteiger partial charge is 2.00 e. The molecular formula is C12H16O5Zn. The molecule has 0 unspecified atom stereocenters. The molecule has 1 rings (SSSR count). The van der Waals surface area contributed by atoms with Crippen LogP contribution < -0.4 is 10.2 Å². The van der Waals surface area contributed by atoms with Crippen LogP contribution in [-0.4, -0.2) is 17.0 Å². The molecule has 0 spiro atoms. The Balaban J connectivity index is -0.000000188. The fourth-order valence-corrected chi connectivity index (χ4v) is 0.428. The predicted octanol–water partition coefficient (Wildman–Crippen LogP) is -0.318. The van der Waals surface area contributed by atoms with Crippen LogP contribution in [0.2, 0.25) is 0 Å². The number of phenols is 1. The molecule has 6 heteroatoms. The molecule has 0 aliphatic rings. The molecule has 0 aliphatic carbocycles. The first-order valence-corrected chi connectivity index (χ1v) is 5.07. The third-order valence-electron chi connectivity index (χ3n) is 1.33. The van der Waals surface area contributed by atoms with Crippen LogP contribution in [-0.2, 0) is 29.1 Å². The number of rotatable bonds is 2. The molecule has 96 valence electrons. The Labute approximate surface area is 119 Å². The van der Waals surface area contributed by atoms with Crippen LogP contribution in [0.4, 0.5) is 0 Å². The first-order valence-electron chi connectivity index (χ1n) is 5.07. The predicted molar refractivity (Wildman–Crippen MR) is 58.7 cm³/mol. The van der Waals surface area contributed by atoms with Gasteiger partial charge in [-0.3, -0.25) is 0 Å². The van der Waals surface area contributed by atoms with E-state index >= 15 is 0 Å². The Kier molecular flexibility index (Phi) is 18.9. The molecule has 0 saturated heterocycles. The number of hydrogen-bond acceptors (Lipinski definition) is 5. The minimum Gasteiger partial charge on any atom is -0.550 e. The van der Waals surface area contributed by atoms with Crippen LogP contribution in [0.15, 0.2) is 30.3 Å². The average Bonchev–Trinajstić information content (AvgIpc) is 2.31. The van der Waals surface area contributed by atoms with Crippen molar-refractivity contribution >= 4 is 11.9 Å². The minimum atomic E-state index is -0.995. The van der Waals surface area contributed by atoms with Gasteiger partial charge in [-0.05, 0) is 25.0 Å². The molecule has 0 heterocycles. The summed E-state index contributed by atoms with van der Waals surface area (Å²) in [7, 11) is 0. The summed E-state index contributed by atoms with van der Waals surface area (Å²) in [5, 5.41) is 27.1. The van der Waals surface area contributed by atoms with E-state index in [1.54, 1.807) is 24.3 Å². The zero-order valence-corrected chi connectivity index (χ0v) is 13.6. The molecule has 0 aliphatic heterocycles. The number of para-hydroxylation sites is 1. The number of benzene rings is 1. The van der Waals surface area contributed by atoms with Crippen molar-refractivity contribution in [1.29, 1.82) is 0 Å². The summed E-state index contributed by atoms with van der Waals surface area (Å²) in [5.41, 5.74) is 0.